The molecule has 1 unspecified atom stereocenters. The van der Waals surface area contributed by atoms with E-state index in [2.05, 4.69) is 5.32 Å². The number of carbonyl (C=O) groups excluding carboxylic acids is 1. The van der Waals surface area contributed by atoms with Crippen LogP contribution in [0.15, 0.2) is 48.5 Å². The van der Waals surface area contributed by atoms with Crippen molar-refractivity contribution in [1.29, 1.82) is 0 Å². The minimum atomic E-state index is -0.270. The first kappa shape index (κ1) is 15.5. The van der Waals surface area contributed by atoms with Gasteiger partial charge in [-0.2, -0.15) is 0 Å². The van der Waals surface area contributed by atoms with Gasteiger partial charge in [0.2, 0.25) is 0 Å². The van der Waals surface area contributed by atoms with Crippen LogP contribution in [0.3, 0.4) is 0 Å². The smallest absolute Gasteiger partial charge is 0.251 e. The second-order valence-electron chi connectivity index (χ2n) is 4.82. The number of rotatable bonds is 5. The normalized spacial score (nSPS) is 12.0. The van der Waals surface area contributed by atoms with E-state index in [9.17, 15) is 4.79 Å². The Hall–Kier alpha value is -1.84. The van der Waals surface area contributed by atoms with Crippen LogP contribution in [0.1, 0.15) is 27.6 Å². The van der Waals surface area contributed by atoms with Gasteiger partial charge in [0.15, 0.2) is 0 Å². The lowest BCUT2D eigenvalue weighted by atomic mass is 10.1. The fraction of sp³-hybridized carbons (Fsp3) is 0.235. The van der Waals surface area contributed by atoms with E-state index in [1.807, 2.05) is 55.5 Å². The third kappa shape index (κ3) is 4.06. The molecule has 2 rings (SSSR count). The lowest BCUT2D eigenvalue weighted by molar-refractivity contribution is 0.0828. The van der Waals surface area contributed by atoms with Crippen LogP contribution in [0, 0.1) is 6.92 Å². The summed E-state index contributed by atoms with van der Waals surface area (Å²) in [5.41, 5.74) is 2.62. The second kappa shape index (κ2) is 7.25. The van der Waals surface area contributed by atoms with Gasteiger partial charge < -0.3 is 10.1 Å². The summed E-state index contributed by atoms with van der Waals surface area (Å²) in [6, 6.07) is 14.9. The molecule has 0 radical (unpaired) electrons. The summed E-state index contributed by atoms with van der Waals surface area (Å²) in [6.07, 6.45) is -0.270. The third-order valence-electron chi connectivity index (χ3n) is 3.30. The molecule has 3 nitrogen and oxygen atoms in total. The molecule has 4 heteroatoms. The van der Waals surface area contributed by atoms with Gasteiger partial charge in [-0.25, -0.2) is 0 Å². The number of carbonyl (C=O) groups is 1. The molecule has 0 fully saturated rings. The Kier molecular flexibility index (Phi) is 5.37. The average Bonchev–Trinajstić information content (AvgIpc) is 2.50. The topological polar surface area (TPSA) is 38.3 Å². The first-order chi connectivity index (χ1) is 10.1. The average molecular weight is 304 g/mol. The van der Waals surface area contributed by atoms with Gasteiger partial charge in [-0.3, -0.25) is 4.79 Å². The standard InChI is InChI=1S/C17H18ClNO2/c1-12-7-9-13(10-8-12)17(20)19-11-16(21-2)14-5-3-4-6-15(14)18/h3-10,16H,11H2,1-2H3,(H,19,20). The molecule has 0 saturated heterocycles. The van der Waals surface area contributed by atoms with Crippen molar-refractivity contribution < 1.29 is 9.53 Å². The highest BCUT2D eigenvalue weighted by atomic mass is 35.5. The van der Waals surface area contributed by atoms with E-state index in [0.29, 0.717) is 17.1 Å². The fourth-order valence-electron chi connectivity index (χ4n) is 2.05. The Morgan fingerprint density at radius 1 is 1.19 bits per heavy atom. The van der Waals surface area contributed by atoms with Crippen molar-refractivity contribution >= 4 is 17.5 Å². The summed E-state index contributed by atoms with van der Waals surface area (Å²) in [6.45, 7) is 2.35. The zero-order chi connectivity index (χ0) is 15.2. The highest BCUT2D eigenvalue weighted by Crippen LogP contribution is 2.24. The molecular formula is C17H18ClNO2. The summed E-state index contributed by atoms with van der Waals surface area (Å²) >= 11 is 6.15. The zero-order valence-corrected chi connectivity index (χ0v) is 12.9. The van der Waals surface area contributed by atoms with Crippen LogP contribution < -0.4 is 5.32 Å². The van der Waals surface area contributed by atoms with Crippen molar-refractivity contribution in [2.75, 3.05) is 13.7 Å². The fourth-order valence-corrected chi connectivity index (χ4v) is 2.31. The number of hydrogen-bond acceptors (Lipinski definition) is 2. The Bertz CT molecular complexity index is 610. The van der Waals surface area contributed by atoms with Crippen LogP contribution in [0.5, 0.6) is 0 Å². The quantitative estimate of drug-likeness (QED) is 0.913. The van der Waals surface area contributed by atoms with Crippen LogP contribution in [0.25, 0.3) is 0 Å². The van der Waals surface area contributed by atoms with E-state index in [0.717, 1.165) is 11.1 Å². The molecule has 21 heavy (non-hydrogen) atoms. The maximum atomic E-state index is 12.1. The molecule has 0 saturated carbocycles. The molecule has 1 atom stereocenters. The van der Waals surface area contributed by atoms with Crippen molar-refractivity contribution in [2.45, 2.75) is 13.0 Å². The number of aryl methyl sites for hydroxylation is 1. The number of nitrogens with one attached hydrogen (secondary N) is 1. The first-order valence-electron chi connectivity index (χ1n) is 6.74. The SMILES string of the molecule is COC(CNC(=O)c1ccc(C)cc1)c1ccccc1Cl. The number of methoxy groups -OCH3 is 1. The maximum Gasteiger partial charge on any atom is 0.251 e. The van der Waals surface area contributed by atoms with Gasteiger partial charge in [0, 0.05) is 29.8 Å². The highest BCUT2D eigenvalue weighted by Gasteiger charge is 2.15. The maximum absolute atomic E-state index is 12.1. The monoisotopic (exact) mass is 303 g/mol. The molecule has 2 aromatic carbocycles. The van der Waals surface area contributed by atoms with Crippen LogP contribution in [-0.4, -0.2) is 19.6 Å². The van der Waals surface area contributed by atoms with Crippen molar-refractivity contribution in [3.8, 4) is 0 Å². The number of halogens is 1. The largest absolute Gasteiger partial charge is 0.375 e. The van der Waals surface area contributed by atoms with E-state index in [1.165, 1.54) is 0 Å². The van der Waals surface area contributed by atoms with Gasteiger partial charge in [-0.1, -0.05) is 47.5 Å². The molecule has 0 spiro atoms. The van der Waals surface area contributed by atoms with Gasteiger partial charge in [0.05, 0.1) is 0 Å². The summed E-state index contributed by atoms with van der Waals surface area (Å²) in [5, 5.41) is 3.51. The Morgan fingerprint density at radius 3 is 2.48 bits per heavy atom. The Balaban J connectivity index is 2.02. The second-order valence-corrected chi connectivity index (χ2v) is 5.23. The zero-order valence-electron chi connectivity index (χ0n) is 12.1. The molecule has 2 aromatic rings. The molecular weight excluding hydrogens is 286 g/mol. The first-order valence-corrected chi connectivity index (χ1v) is 7.11. The van der Waals surface area contributed by atoms with Crippen LogP contribution in [-0.2, 0) is 4.74 Å². The van der Waals surface area contributed by atoms with Gasteiger partial charge in [-0.05, 0) is 25.1 Å². The lowest BCUT2D eigenvalue weighted by Gasteiger charge is -2.17. The Labute approximate surface area is 129 Å². The van der Waals surface area contributed by atoms with Crippen molar-refractivity contribution in [1.82, 2.24) is 5.32 Å². The number of hydrogen-bond donors (Lipinski definition) is 1. The molecule has 0 aliphatic carbocycles. The van der Waals surface area contributed by atoms with E-state index < -0.39 is 0 Å². The van der Waals surface area contributed by atoms with Crippen molar-refractivity contribution in [3.63, 3.8) is 0 Å². The molecule has 1 N–H and O–H groups in total. The predicted molar refractivity (Wildman–Crippen MR) is 84.7 cm³/mol. The number of amides is 1. The van der Waals surface area contributed by atoms with Crippen LogP contribution in [0.2, 0.25) is 5.02 Å². The molecule has 0 bridgehead atoms. The minimum Gasteiger partial charge on any atom is -0.375 e. The molecule has 1 amide bonds. The van der Waals surface area contributed by atoms with Crippen LogP contribution >= 0.6 is 11.6 Å². The summed E-state index contributed by atoms with van der Waals surface area (Å²) in [5.74, 6) is -0.121. The van der Waals surface area contributed by atoms with Crippen LogP contribution in [0.4, 0.5) is 0 Å². The van der Waals surface area contributed by atoms with E-state index in [4.69, 9.17) is 16.3 Å². The molecule has 0 aliphatic heterocycles. The molecule has 0 heterocycles. The Morgan fingerprint density at radius 2 is 1.86 bits per heavy atom. The van der Waals surface area contributed by atoms with E-state index >= 15 is 0 Å². The minimum absolute atomic E-state index is 0.121. The summed E-state index contributed by atoms with van der Waals surface area (Å²) < 4.78 is 5.42. The number of ether oxygens (including phenoxy) is 1. The molecule has 0 aliphatic rings. The van der Waals surface area contributed by atoms with Crippen molar-refractivity contribution in [3.05, 3.63) is 70.2 Å². The van der Waals surface area contributed by atoms with E-state index in [1.54, 1.807) is 7.11 Å². The van der Waals surface area contributed by atoms with Gasteiger partial charge >= 0.3 is 0 Å². The molecule has 110 valence electrons. The summed E-state index contributed by atoms with van der Waals surface area (Å²) in [7, 11) is 1.60. The summed E-state index contributed by atoms with van der Waals surface area (Å²) in [4.78, 5) is 12.1. The highest BCUT2D eigenvalue weighted by molar-refractivity contribution is 6.31. The molecule has 0 aromatic heterocycles. The predicted octanol–water partition coefficient (Wildman–Crippen LogP) is 3.77. The van der Waals surface area contributed by atoms with Crippen molar-refractivity contribution in [2.24, 2.45) is 0 Å². The van der Waals surface area contributed by atoms with Gasteiger partial charge in [0.25, 0.3) is 5.91 Å². The van der Waals surface area contributed by atoms with E-state index in [-0.39, 0.29) is 12.0 Å². The van der Waals surface area contributed by atoms with Gasteiger partial charge in [-0.15, -0.1) is 0 Å². The number of benzene rings is 2. The lowest BCUT2D eigenvalue weighted by Crippen LogP contribution is -2.29. The van der Waals surface area contributed by atoms with Gasteiger partial charge in [0.1, 0.15) is 6.10 Å². The third-order valence-corrected chi connectivity index (χ3v) is 3.64.